The SMILES string of the molecule is Cc1nccc(-c2cccc(NC(=O)[C@@H]3Cc4ccccc4S3)c2)n1. The van der Waals surface area contributed by atoms with Crippen LogP contribution in [-0.4, -0.2) is 21.1 Å². The number of hydrogen-bond donors (Lipinski definition) is 1. The average molecular weight is 347 g/mol. The van der Waals surface area contributed by atoms with Crippen LogP contribution in [0.15, 0.2) is 65.7 Å². The molecule has 2 heterocycles. The number of aryl methyl sites for hydroxylation is 1. The normalized spacial score (nSPS) is 15.6. The molecule has 124 valence electrons. The minimum Gasteiger partial charge on any atom is -0.325 e. The molecule has 1 aromatic heterocycles. The predicted octanol–water partition coefficient (Wildman–Crippen LogP) is 4.11. The summed E-state index contributed by atoms with van der Waals surface area (Å²) in [6.07, 6.45) is 2.52. The predicted molar refractivity (Wildman–Crippen MR) is 101 cm³/mol. The summed E-state index contributed by atoms with van der Waals surface area (Å²) in [5, 5.41) is 2.96. The third-order valence-electron chi connectivity index (χ3n) is 4.14. The summed E-state index contributed by atoms with van der Waals surface area (Å²) < 4.78 is 0. The zero-order chi connectivity index (χ0) is 17.2. The van der Waals surface area contributed by atoms with Gasteiger partial charge in [0.1, 0.15) is 5.82 Å². The first-order valence-corrected chi connectivity index (χ1v) is 9.02. The number of nitrogens with one attached hydrogen (secondary N) is 1. The van der Waals surface area contributed by atoms with Gasteiger partial charge in [0, 0.05) is 22.3 Å². The van der Waals surface area contributed by atoms with Gasteiger partial charge in [0.2, 0.25) is 5.91 Å². The van der Waals surface area contributed by atoms with Gasteiger partial charge < -0.3 is 5.32 Å². The van der Waals surface area contributed by atoms with Gasteiger partial charge in [0.15, 0.2) is 0 Å². The molecule has 0 bridgehead atoms. The van der Waals surface area contributed by atoms with E-state index < -0.39 is 0 Å². The lowest BCUT2D eigenvalue weighted by molar-refractivity contribution is -0.115. The zero-order valence-electron chi connectivity index (χ0n) is 13.8. The highest BCUT2D eigenvalue weighted by Crippen LogP contribution is 2.37. The molecule has 1 aliphatic heterocycles. The molecule has 25 heavy (non-hydrogen) atoms. The van der Waals surface area contributed by atoms with E-state index in [9.17, 15) is 4.79 Å². The number of nitrogens with zero attached hydrogens (tertiary/aromatic N) is 2. The van der Waals surface area contributed by atoms with Gasteiger partial charge in [-0.15, -0.1) is 11.8 Å². The van der Waals surface area contributed by atoms with Crippen molar-refractivity contribution >= 4 is 23.4 Å². The fraction of sp³-hybridized carbons (Fsp3) is 0.150. The van der Waals surface area contributed by atoms with Crippen LogP contribution in [0.2, 0.25) is 0 Å². The van der Waals surface area contributed by atoms with E-state index in [2.05, 4.69) is 27.4 Å². The maximum absolute atomic E-state index is 12.6. The molecular weight excluding hydrogens is 330 g/mol. The lowest BCUT2D eigenvalue weighted by Crippen LogP contribution is -2.24. The molecular formula is C20H17N3OS. The second kappa shape index (κ2) is 6.69. The number of carbonyl (C=O) groups excluding carboxylic acids is 1. The molecule has 0 aliphatic carbocycles. The summed E-state index contributed by atoms with van der Waals surface area (Å²) in [7, 11) is 0. The highest BCUT2D eigenvalue weighted by atomic mass is 32.2. The maximum Gasteiger partial charge on any atom is 0.238 e. The molecule has 3 aromatic rings. The van der Waals surface area contributed by atoms with Crippen LogP contribution in [0.3, 0.4) is 0 Å². The Labute approximate surface area is 150 Å². The Morgan fingerprint density at radius 1 is 1.16 bits per heavy atom. The largest absolute Gasteiger partial charge is 0.325 e. The molecule has 0 saturated carbocycles. The van der Waals surface area contributed by atoms with Gasteiger partial charge in [-0.05, 0) is 43.2 Å². The Bertz CT molecular complexity index is 916. The van der Waals surface area contributed by atoms with Crippen molar-refractivity contribution < 1.29 is 4.79 Å². The van der Waals surface area contributed by atoms with Crippen LogP contribution in [0.4, 0.5) is 5.69 Å². The van der Waals surface area contributed by atoms with E-state index in [1.165, 1.54) is 10.5 Å². The summed E-state index contributed by atoms with van der Waals surface area (Å²) >= 11 is 1.63. The first-order chi connectivity index (χ1) is 12.2. The van der Waals surface area contributed by atoms with Crippen LogP contribution in [-0.2, 0) is 11.2 Å². The van der Waals surface area contributed by atoms with Gasteiger partial charge in [0.25, 0.3) is 0 Å². The highest BCUT2D eigenvalue weighted by molar-refractivity contribution is 8.01. The number of hydrogen-bond acceptors (Lipinski definition) is 4. The van der Waals surface area contributed by atoms with Crippen molar-refractivity contribution in [3.05, 3.63) is 72.2 Å². The molecule has 2 aromatic carbocycles. The molecule has 4 rings (SSSR count). The summed E-state index contributed by atoms with van der Waals surface area (Å²) in [5.74, 6) is 0.768. The second-order valence-electron chi connectivity index (χ2n) is 5.98. The Morgan fingerprint density at radius 3 is 2.88 bits per heavy atom. The van der Waals surface area contributed by atoms with Crippen molar-refractivity contribution in [3.8, 4) is 11.3 Å². The van der Waals surface area contributed by atoms with Crippen LogP contribution < -0.4 is 5.32 Å². The molecule has 1 atom stereocenters. The van der Waals surface area contributed by atoms with Crippen molar-refractivity contribution in [3.63, 3.8) is 0 Å². The van der Waals surface area contributed by atoms with Gasteiger partial charge in [0.05, 0.1) is 10.9 Å². The number of anilines is 1. The number of rotatable bonds is 3. The Kier molecular flexibility index (Phi) is 4.24. The molecule has 4 nitrogen and oxygen atoms in total. The van der Waals surface area contributed by atoms with E-state index in [-0.39, 0.29) is 11.2 Å². The van der Waals surface area contributed by atoms with Crippen molar-refractivity contribution in [2.24, 2.45) is 0 Å². The van der Waals surface area contributed by atoms with E-state index in [1.807, 2.05) is 49.4 Å². The van der Waals surface area contributed by atoms with Gasteiger partial charge in [-0.1, -0.05) is 30.3 Å². The Hall–Kier alpha value is -2.66. The average Bonchev–Trinajstić information content (AvgIpc) is 3.06. The summed E-state index contributed by atoms with van der Waals surface area (Å²) in [5.41, 5.74) is 3.85. The fourth-order valence-electron chi connectivity index (χ4n) is 2.92. The minimum absolute atomic E-state index is 0.0391. The van der Waals surface area contributed by atoms with Crippen LogP contribution >= 0.6 is 11.8 Å². The minimum atomic E-state index is -0.0812. The number of aromatic nitrogens is 2. The molecule has 1 amide bonds. The van der Waals surface area contributed by atoms with E-state index in [0.717, 1.165) is 29.2 Å². The topological polar surface area (TPSA) is 54.9 Å². The fourth-order valence-corrected chi connectivity index (χ4v) is 4.12. The molecule has 0 fully saturated rings. The lowest BCUT2D eigenvalue weighted by Gasteiger charge is -2.11. The van der Waals surface area contributed by atoms with E-state index in [4.69, 9.17) is 0 Å². The van der Waals surface area contributed by atoms with Gasteiger partial charge in [-0.25, -0.2) is 9.97 Å². The number of amides is 1. The van der Waals surface area contributed by atoms with E-state index in [0.29, 0.717) is 0 Å². The lowest BCUT2D eigenvalue weighted by atomic mass is 10.1. The van der Waals surface area contributed by atoms with Crippen molar-refractivity contribution in [2.45, 2.75) is 23.5 Å². The quantitative estimate of drug-likeness (QED) is 0.775. The molecule has 0 saturated heterocycles. The zero-order valence-corrected chi connectivity index (χ0v) is 14.6. The molecule has 0 unspecified atom stereocenters. The monoisotopic (exact) mass is 347 g/mol. The molecule has 0 spiro atoms. The van der Waals surface area contributed by atoms with Crippen LogP contribution in [0, 0.1) is 6.92 Å². The highest BCUT2D eigenvalue weighted by Gasteiger charge is 2.27. The summed E-state index contributed by atoms with van der Waals surface area (Å²) in [4.78, 5) is 22.4. The Balaban J connectivity index is 1.50. The second-order valence-corrected chi connectivity index (χ2v) is 7.22. The van der Waals surface area contributed by atoms with Crippen LogP contribution in [0.1, 0.15) is 11.4 Å². The standard InChI is InChI=1S/C20H17N3OS/c1-13-21-10-9-17(22-13)14-6-4-7-16(11-14)23-20(24)19-12-15-5-2-3-8-18(15)25-19/h2-11,19H,12H2,1H3,(H,23,24)/t19-/m0/s1. The van der Waals surface area contributed by atoms with E-state index in [1.54, 1.807) is 18.0 Å². The van der Waals surface area contributed by atoms with Crippen LogP contribution in [0.25, 0.3) is 11.3 Å². The van der Waals surface area contributed by atoms with Gasteiger partial charge in [-0.3, -0.25) is 4.79 Å². The number of benzene rings is 2. The number of thioether (sulfide) groups is 1. The third-order valence-corrected chi connectivity index (χ3v) is 5.46. The first kappa shape index (κ1) is 15.8. The van der Waals surface area contributed by atoms with Crippen molar-refractivity contribution in [2.75, 3.05) is 5.32 Å². The molecule has 5 heteroatoms. The van der Waals surface area contributed by atoms with Gasteiger partial charge in [-0.2, -0.15) is 0 Å². The van der Waals surface area contributed by atoms with Crippen molar-refractivity contribution in [1.29, 1.82) is 0 Å². The van der Waals surface area contributed by atoms with Gasteiger partial charge >= 0.3 is 0 Å². The summed E-state index contributed by atoms with van der Waals surface area (Å²) in [6, 6.07) is 17.8. The first-order valence-electron chi connectivity index (χ1n) is 8.14. The molecule has 1 N–H and O–H groups in total. The maximum atomic E-state index is 12.6. The number of carbonyl (C=O) groups is 1. The van der Waals surface area contributed by atoms with E-state index >= 15 is 0 Å². The molecule has 1 aliphatic rings. The molecule has 0 radical (unpaired) electrons. The van der Waals surface area contributed by atoms with Crippen LogP contribution in [0.5, 0.6) is 0 Å². The van der Waals surface area contributed by atoms with Crippen molar-refractivity contribution in [1.82, 2.24) is 9.97 Å². The smallest absolute Gasteiger partial charge is 0.238 e. The number of fused-ring (bicyclic) bond motifs is 1. The summed E-state index contributed by atoms with van der Waals surface area (Å²) in [6.45, 7) is 1.87. The Morgan fingerprint density at radius 2 is 2.04 bits per heavy atom. The third kappa shape index (κ3) is 3.42.